The van der Waals surface area contributed by atoms with Gasteiger partial charge in [0.05, 0.1) is 5.25 Å². The Morgan fingerprint density at radius 3 is 2.71 bits per heavy atom. The minimum atomic E-state index is -0.197. The maximum Gasteiger partial charge on any atom is 0.237 e. The van der Waals surface area contributed by atoms with Gasteiger partial charge in [-0.3, -0.25) is 9.89 Å². The highest BCUT2D eigenvalue weighted by atomic mass is 32.2. The molecule has 1 aliphatic rings. The van der Waals surface area contributed by atoms with Crippen LogP contribution >= 0.6 is 11.8 Å². The van der Waals surface area contributed by atoms with Crippen LogP contribution in [0.25, 0.3) is 11.4 Å². The van der Waals surface area contributed by atoms with Gasteiger partial charge in [0.1, 0.15) is 0 Å². The molecule has 0 unspecified atom stereocenters. The number of rotatable bonds is 3. The van der Waals surface area contributed by atoms with Crippen molar-refractivity contribution in [1.29, 1.82) is 0 Å². The lowest BCUT2D eigenvalue weighted by molar-refractivity contribution is -0.115. The second-order valence-electron chi connectivity index (χ2n) is 5.62. The molecule has 2 heterocycles. The molecule has 120 valence electrons. The minimum Gasteiger partial charge on any atom is -0.325 e. The summed E-state index contributed by atoms with van der Waals surface area (Å²) in [4.78, 5) is 17.0. The first-order valence-electron chi connectivity index (χ1n) is 7.83. The zero-order chi connectivity index (χ0) is 16.4. The monoisotopic (exact) mass is 336 g/mol. The summed E-state index contributed by atoms with van der Waals surface area (Å²) in [5.41, 5.74) is 3.06. The summed E-state index contributed by atoms with van der Waals surface area (Å²) in [6, 6.07) is 17.8. The molecule has 5 nitrogen and oxygen atoms in total. The van der Waals surface area contributed by atoms with Crippen molar-refractivity contribution in [1.82, 2.24) is 15.2 Å². The first kappa shape index (κ1) is 15.0. The molecule has 2 N–H and O–H groups in total. The number of carbonyl (C=O) groups is 1. The summed E-state index contributed by atoms with van der Waals surface area (Å²) in [6.07, 6.45) is 1.63. The fourth-order valence-electron chi connectivity index (χ4n) is 2.76. The molecule has 0 spiro atoms. The van der Waals surface area contributed by atoms with Crippen molar-refractivity contribution < 1.29 is 4.79 Å². The summed E-state index contributed by atoms with van der Waals surface area (Å²) >= 11 is 1.41. The van der Waals surface area contributed by atoms with Gasteiger partial charge in [0, 0.05) is 11.3 Å². The van der Waals surface area contributed by atoms with E-state index in [2.05, 4.69) is 26.6 Å². The summed E-state index contributed by atoms with van der Waals surface area (Å²) in [6.45, 7) is 0. The SMILES string of the molecule is O=C1Nc2ccccc2CC[C@H]1Sc1n[nH]c(-c2ccccc2)n1. The summed E-state index contributed by atoms with van der Waals surface area (Å²) in [5, 5.41) is 10.6. The Kier molecular flexibility index (Phi) is 4.04. The van der Waals surface area contributed by atoms with Crippen LogP contribution in [0.2, 0.25) is 0 Å². The maximum atomic E-state index is 12.5. The van der Waals surface area contributed by atoms with Crippen molar-refractivity contribution in [3.8, 4) is 11.4 Å². The molecule has 4 rings (SSSR count). The molecule has 3 aromatic rings. The third-order valence-corrected chi connectivity index (χ3v) is 5.13. The smallest absolute Gasteiger partial charge is 0.237 e. The van der Waals surface area contributed by atoms with Gasteiger partial charge in [0.15, 0.2) is 5.82 Å². The van der Waals surface area contributed by atoms with Crippen molar-refractivity contribution in [3.63, 3.8) is 0 Å². The Hall–Kier alpha value is -2.60. The highest BCUT2D eigenvalue weighted by Gasteiger charge is 2.25. The first-order valence-corrected chi connectivity index (χ1v) is 8.71. The normalized spacial score (nSPS) is 17.0. The molecule has 1 atom stereocenters. The second-order valence-corrected chi connectivity index (χ2v) is 6.79. The van der Waals surface area contributed by atoms with E-state index in [9.17, 15) is 4.79 Å². The van der Waals surface area contributed by atoms with E-state index in [1.54, 1.807) is 0 Å². The highest BCUT2D eigenvalue weighted by molar-refractivity contribution is 8.00. The summed E-state index contributed by atoms with van der Waals surface area (Å²) in [7, 11) is 0. The first-order chi connectivity index (χ1) is 11.8. The third-order valence-electron chi connectivity index (χ3n) is 4.00. The molecule has 1 aromatic heterocycles. The van der Waals surface area contributed by atoms with Crippen LogP contribution in [-0.4, -0.2) is 26.3 Å². The number of thioether (sulfide) groups is 1. The second kappa shape index (κ2) is 6.49. The number of carbonyl (C=O) groups excluding carboxylic acids is 1. The Bertz CT molecular complexity index is 862. The van der Waals surface area contributed by atoms with Crippen LogP contribution in [0.3, 0.4) is 0 Å². The van der Waals surface area contributed by atoms with Crippen molar-refractivity contribution in [3.05, 3.63) is 60.2 Å². The highest BCUT2D eigenvalue weighted by Crippen LogP contribution is 2.30. The van der Waals surface area contributed by atoms with E-state index in [1.807, 2.05) is 48.5 Å². The van der Waals surface area contributed by atoms with Gasteiger partial charge in [-0.05, 0) is 24.5 Å². The van der Waals surface area contributed by atoms with Crippen LogP contribution in [-0.2, 0) is 11.2 Å². The van der Waals surface area contributed by atoms with E-state index in [1.165, 1.54) is 17.3 Å². The standard InChI is InChI=1S/C18H16N4OS/c23-17-15(11-10-12-6-4-5-9-14(12)19-17)24-18-20-16(21-22-18)13-7-2-1-3-8-13/h1-9,15H,10-11H2,(H,19,23)(H,20,21,22)/t15-/m1/s1. The van der Waals surface area contributed by atoms with E-state index < -0.39 is 0 Å². The molecular formula is C18H16N4OS. The largest absolute Gasteiger partial charge is 0.325 e. The zero-order valence-corrected chi connectivity index (χ0v) is 13.7. The average molecular weight is 336 g/mol. The number of nitrogens with one attached hydrogen (secondary N) is 2. The van der Waals surface area contributed by atoms with Crippen LogP contribution in [0.4, 0.5) is 5.69 Å². The summed E-state index contributed by atoms with van der Waals surface area (Å²) in [5.74, 6) is 0.728. The van der Waals surface area contributed by atoms with Crippen LogP contribution in [0, 0.1) is 0 Å². The van der Waals surface area contributed by atoms with Crippen LogP contribution in [0.5, 0.6) is 0 Å². The molecule has 0 fully saturated rings. The molecule has 2 aromatic carbocycles. The number of hydrogen-bond donors (Lipinski definition) is 2. The van der Waals surface area contributed by atoms with Gasteiger partial charge in [0.25, 0.3) is 0 Å². The average Bonchev–Trinajstić information content (AvgIpc) is 3.02. The minimum absolute atomic E-state index is 0.0102. The number of amides is 1. The number of fused-ring (bicyclic) bond motifs is 1. The molecule has 0 saturated heterocycles. The van der Waals surface area contributed by atoms with E-state index in [-0.39, 0.29) is 11.2 Å². The number of hydrogen-bond acceptors (Lipinski definition) is 4. The fourth-order valence-corrected chi connectivity index (χ4v) is 3.65. The van der Waals surface area contributed by atoms with Gasteiger partial charge in [-0.2, -0.15) is 0 Å². The van der Waals surface area contributed by atoms with E-state index >= 15 is 0 Å². The van der Waals surface area contributed by atoms with Crippen molar-refractivity contribution in [2.45, 2.75) is 23.2 Å². The molecule has 6 heteroatoms. The number of para-hydroxylation sites is 1. The van der Waals surface area contributed by atoms with Crippen molar-refractivity contribution >= 4 is 23.4 Å². The van der Waals surface area contributed by atoms with Gasteiger partial charge in [0.2, 0.25) is 11.1 Å². The Balaban J connectivity index is 1.50. The van der Waals surface area contributed by atoms with Gasteiger partial charge >= 0.3 is 0 Å². The number of anilines is 1. The molecule has 1 aliphatic heterocycles. The van der Waals surface area contributed by atoms with Crippen LogP contribution in [0.1, 0.15) is 12.0 Å². The number of nitrogens with zero attached hydrogens (tertiary/aromatic N) is 2. The molecule has 0 radical (unpaired) electrons. The van der Waals surface area contributed by atoms with Gasteiger partial charge in [-0.15, -0.1) is 5.10 Å². The zero-order valence-electron chi connectivity index (χ0n) is 12.9. The Morgan fingerprint density at radius 2 is 1.83 bits per heavy atom. The van der Waals surface area contributed by atoms with Crippen LogP contribution in [0.15, 0.2) is 59.8 Å². The van der Waals surface area contributed by atoms with Gasteiger partial charge < -0.3 is 5.32 Å². The molecule has 1 amide bonds. The number of aromatic amines is 1. The lowest BCUT2D eigenvalue weighted by Crippen LogP contribution is -2.23. The maximum absolute atomic E-state index is 12.5. The Labute approximate surface area is 143 Å². The predicted octanol–water partition coefficient (Wildman–Crippen LogP) is 3.52. The topological polar surface area (TPSA) is 70.7 Å². The molecule has 0 saturated carbocycles. The fraction of sp³-hybridized carbons (Fsp3) is 0.167. The predicted molar refractivity (Wildman–Crippen MR) is 94.9 cm³/mol. The number of benzene rings is 2. The molecular weight excluding hydrogens is 320 g/mol. The quantitative estimate of drug-likeness (QED) is 0.768. The number of H-pyrrole nitrogens is 1. The summed E-state index contributed by atoms with van der Waals surface area (Å²) < 4.78 is 0. The number of aromatic nitrogens is 3. The lowest BCUT2D eigenvalue weighted by Gasteiger charge is -2.10. The van der Waals surface area contributed by atoms with Crippen molar-refractivity contribution in [2.75, 3.05) is 5.32 Å². The third kappa shape index (κ3) is 3.05. The molecule has 24 heavy (non-hydrogen) atoms. The van der Waals surface area contributed by atoms with E-state index in [0.29, 0.717) is 5.16 Å². The van der Waals surface area contributed by atoms with Gasteiger partial charge in [-0.1, -0.05) is 60.3 Å². The Morgan fingerprint density at radius 1 is 1.04 bits per heavy atom. The van der Waals surface area contributed by atoms with Crippen LogP contribution < -0.4 is 5.32 Å². The molecule has 0 bridgehead atoms. The van der Waals surface area contributed by atoms with E-state index in [4.69, 9.17) is 0 Å². The number of aryl methyl sites for hydroxylation is 1. The lowest BCUT2D eigenvalue weighted by atomic mass is 10.1. The van der Waals surface area contributed by atoms with E-state index in [0.717, 1.165) is 29.9 Å². The van der Waals surface area contributed by atoms with Gasteiger partial charge in [-0.25, -0.2) is 4.98 Å². The van der Waals surface area contributed by atoms with Crippen molar-refractivity contribution in [2.24, 2.45) is 0 Å². The molecule has 0 aliphatic carbocycles.